The third-order valence-electron chi connectivity index (χ3n) is 2.99. The van der Waals surface area contributed by atoms with E-state index >= 15 is 0 Å². The van der Waals surface area contributed by atoms with Crippen molar-refractivity contribution in [2.75, 3.05) is 16.8 Å². The minimum Gasteiger partial charge on any atom is -0.405 e. The summed E-state index contributed by atoms with van der Waals surface area (Å²) in [6, 6.07) is 3.80. The molecule has 1 saturated heterocycles. The second-order valence-corrected chi connectivity index (χ2v) is 7.87. The molecule has 1 aliphatic rings. The average molecular weight is 388 g/mol. The Morgan fingerprint density at radius 2 is 2.05 bits per heavy atom. The van der Waals surface area contributed by atoms with Crippen LogP contribution in [0.3, 0.4) is 0 Å². The van der Waals surface area contributed by atoms with Gasteiger partial charge < -0.3 is 10.1 Å². The van der Waals surface area contributed by atoms with Crippen molar-refractivity contribution in [2.24, 2.45) is 0 Å². The van der Waals surface area contributed by atoms with Gasteiger partial charge in [-0.2, -0.15) is 0 Å². The Kier molecular flexibility index (Phi) is 4.72. The molecule has 1 N–H and O–H groups in total. The molecule has 0 aromatic heterocycles. The zero-order valence-electron chi connectivity index (χ0n) is 10.8. The van der Waals surface area contributed by atoms with Crippen LogP contribution in [0.4, 0.5) is 18.9 Å². The Morgan fingerprint density at radius 1 is 1.33 bits per heavy atom. The molecule has 0 radical (unpaired) electrons. The lowest BCUT2D eigenvalue weighted by molar-refractivity contribution is -0.274. The fraction of sp³-hybridized carbons (Fsp3) is 0.500. The summed E-state index contributed by atoms with van der Waals surface area (Å²) >= 11 is 3.00. The molecule has 118 valence electrons. The smallest absolute Gasteiger partial charge is 0.405 e. The van der Waals surface area contributed by atoms with E-state index in [-0.39, 0.29) is 27.8 Å². The van der Waals surface area contributed by atoms with Crippen LogP contribution in [0.2, 0.25) is 0 Å². The van der Waals surface area contributed by atoms with Crippen molar-refractivity contribution in [1.82, 2.24) is 0 Å². The van der Waals surface area contributed by atoms with Crippen LogP contribution < -0.4 is 10.1 Å². The van der Waals surface area contributed by atoms with Crippen molar-refractivity contribution < 1.29 is 26.3 Å². The van der Waals surface area contributed by atoms with E-state index in [4.69, 9.17) is 0 Å². The van der Waals surface area contributed by atoms with Crippen LogP contribution in [-0.4, -0.2) is 32.3 Å². The maximum atomic E-state index is 12.2. The van der Waals surface area contributed by atoms with E-state index < -0.39 is 16.2 Å². The van der Waals surface area contributed by atoms with E-state index in [1.807, 2.05) is 0 Å². The molecule has 1 unspecified atom stereocenters. The summed E-state index contributed by atoms with van der Waals surface area (Å²) in [4.78, 5) is 0. The number of halogens is 4. The second kappa shape index (κ2) is 6.04. The molecule has 0 spiro atoms. The van der Waals surface area contributed by atoms with E-state index in [0.29, 0.717) is 18.5 Å². The average Bonchev–Trinajstić information content (AvgIpc) is 2.30. The van der Waals surface area contributed by atoms with E-state index in [0.717, 1.165) is 0 Å². The highest BCUT2D eigenvalue weighted by Crippen LogP contribution is 2.33. The van der Waals surface area contributed by atoms with Crippen LogP contribution in [0.15, 0.2) is 22.7 Å². The van der Waals surface area contributed by atoms with Gasteiger partial charge in [0.25, 0.3) is 0 Å². The molecule has 1 heterocycles. The SMILES string of the molecule is O=S1(=O)CCCC(Nc2ccc(OC(F)(F)F)c(Br)c2)C1. The number of anilines is 1. The van der Waals surface area contributed by atoms with E-state index in [9.17, 15) is 21.6 Å². The third-order valence-corrected chi connectivity index (χ3v) is 5.43. The van der Waals surface area contributed by atoms with Crippen molar-refractivity contribution in [3.63, 3.8) is 0 Å². The number of rotatable bonds is 3. The first-order valence-electron chi connectivity index (χ1n) is 6.17. The van der Waals surface area contributed by atoms with Gasteiger partial charge in [-0.1, -0.05) is 0 Å². The van der Waals surface area contributed by atoms with Gasteiger partial charge >= 0.3 is 6.36 Å². The lowest BCUT2D eigenvalue weighted by Gasteiger charge is -2.24. The molecule has 4 nitrogen and oxygen atoms in total. The zero-order valence-corrected chi connectivity index (χ0v) is 13.2. The summed E-state index contributed by atoms with van der Waals surface area (Å²) in [6.07, 6.45) is -3.47. The third kappa shape index (κ3) is 5.06. The normalized spacial score (nSPS) is 21.8. The standard InChI is InChI=1S/C12H13BrF3NO3S/c13-10-6-8(3-4-11(10)20-12(14,15)16)17-9-2-1-5-21(18,19)7-9/h3-4,6,9,17H,1-2,5,7H2. The van der Waals surface area contributed by atoms with E-state index in [1.165, 1.54) is 18.2 Å². The molecule has 1 fully saturated rings. The van der Waals surface area contributed by atoms with Crippen LogP contribution in [0.1, 0.15) is 12.8 Å². The molecule has 2 rings (SSSR count). The lowest BCUT2D eigenvalue weighted by atomic mass is 10.1. The van der Waals surface area contributed by atoms with Gasteiger partial charge in [-0.3, -0.25) is 0 Å². The number of benzene rings is 1. The molecule has 0 aliphatic carbocycles. The molecule has 0 saturated carbocycles. The van der Waals surface area contributed by atoms with Crippen molar-refractivity contribution in [3.05, 3.63) is 22.7 Å². The van der Waals surface area contributed by atoms with Crippen LogP contribution in [0.25, 0.3) is 0 Å². The van der Waals surface area contributed by atoms with Gasteiger partial charge in [-0.05, 0) is 47.0 Å². The summed E-state index contributed by atoms with van der Waals surface area (Å²) < 4.78 is 63.5. The molecule has 21 heavy (non-hydrogen) atoms. The molecular weight excluding hydrogens is 375 g/mol. The Bertz CT molecular complexity index is 619. The monoisotopic (exact) mass is 387 g/mol. The maximum Gasteiger partial charge on any atom is 0.573 e. The molecule has 9 heteroatoms. The highest BCUT2D eigenvalue weighted by molar-refractivity contribution is 9.10. The number of ether oxygens (including phenoxy) is 1. The first-order chi connectivity index (χ1) is 9.65. The van der Waals surface area contributed by atoms with Gasteiger partial charge in [0.1, 0.15) is 5.75 Å². The summed E-state index contributed by atoms with van der Waals surface area (Å²) in [5.41, 5.74) is 0.540. The molecule has 0 bridgehead atoms. The van der Waals surface area contributed by atoms with Gasteiger partial charge in [0.15, 0.2) is 9.84 Å². The quantitative estimate of drug-likeness (QED) is 0.863. The fourth-order valence-electron chi connectivity index (χ4n) is 2.17. The highest BCUT2D eigenvalue weighted by Gasteiger charge is 2.32. The Balaban J connectivity index is 2.07. The maximum absolute atomic E-state index is 12.2. The summed E-state index contributed by atoms with van der Waals surface area (Å²) in [7, 11) is -3.04. The molecule has 1 aliphatic heterocycles. The fourth-order valence-corrected chi connectivity index (χ4v) is 4.27. The van der Waals surface area contributed by atoms with Crippen LogP contribution in [0, 0.1) is 0 Å². The molecule has 1 aromatic carbocycles. The molecule has 1 atom stereocenters. The van der Waals surface area contributed by atoms with E-state index in [1.54, 1.807) is 0 Å². The Morgan fingerprint density at radius 3 is 2.62 bits per heavy atom. The van der Waals surface area contributed by atoms with Gasteiger partial charge in [-0.15, -0.1) is 13.2 Å². The van der Waals surface area contributed by atoms with Crippen molar-refractivity contribution >= 4 is 31.5 Å². The number of sulfone groups is 1. The van der Waals surface area contributed by atoms with Gasteiger partial charge in [0.2, 0.25) is 0 Å². The first-order valence-corrected chi connectivity index (χ1v) is 8.78. The molecule has 1 aromatic rings. The largest absolute Gasteiger partial charge is 0.573 e. The highest BCUT2D eigenvalue weighted by atomic mass is 79.9. The predicted molar refractivity (Wildman–Crippen MR) is 76.1 cm³/mol. The van der Waals surface area contributed by atoms with E-state index in [2.05, 4.69) is 26.0 Å². The van der Waals surface area contributed by atoms with Crippen molar-refractivity contribution in [2.45, 2.75) is 25.2 Å². The van der Waals surface area contributed by atoms with Gasteiger partial charge in [-0.25, -0.2) is 8.42 Å². The first kappa shape index (κ1) is 16.4. The summed E-state index contributed by atoms with van der Waals surface area (Å²) in [6.45, 7) is 0. The van der Waals surface area contributed by atoms with Gasteiger partial charge in [0.05, 0.1) is 16.0 Å². The van der Waals surface area contributed by atoms with Crippen molar-refractivity contribution in [1.29, 1.82) is 0 Å². The Hall–Kier alpha value is -0.960. The summed E-state index contributed by atoms with van der Waals surface area (Å²) in [5.74, 6) is -0.122. The molecular formula is C12H13BrF3NO3S. The number of hydrogen-bond donors (Lipinski definition) is 1. The minimum atomic E-state index is -4.76. The number of alkyl halides is 3. The Labute approximate surface area is 128 Å². The van der Waals surface area contributed by atoms with Crippen LogP contribution in [0.5, 0.6) is 5.75 Å². The molecule has 0 amide bonds. The topological polar surface area (TPSA) is 55.4 Å². The minimum absolute atomic E-state index is 0.0332. The number of hydrogen-bond acceptors (Lipinski definition) is 4. The lowest BCUT2D eigenvalue weighted by Crippen LogP contribution is -2.34. The zero-order chi connectivity index (χ0) is 15.7. The van der Waals surface area contributed by atoms with Crippen molar-refractivity contribution in [3.8, 4) is 5.75 Å². The van der Waals surface area contributed by atoms with Gasteiger partial charge in [0, 0.05) is 11.7 Å². The van der Waals surface area contributed by atoms with Crippen LogP contribution >= 0.6 is 15.9 Å². The predicted octanol–water partition coefficient (Wildman–Crippen LogP) is 3.34. The summed E-state index contributed by atoms with van der Waals surface area (Å²) in [5, 5.41) is 3.02. The number of nitrogens with one attached hydrogen (secondary N) is 1. The van der Waals surface area contributed by atoms with Crippen LogP contribution in [-0.2, 0) is 9.84 Å². The second-order valence-electron chi connectivity index (χ2n) is 4.79.